The fourth-order valence-corrected chi connectivity index (χ4v) is 4.02. The summed E-state index contributed by atoms with van der Waals surface area (Å²) in [6.07, 6.45) is 7.48. The Morgan fingerprint density at radius 2 is 1.97 bits per heavy atom. The van der Waals surface area contributed by atoms with Crippen LogP contribution in [0.25, 0.3) is 10.9 Å². The van der Waals surface area contributed by atoms with Gasteiger partial charge in [-0.05, 0) is 30.2 Å². The highest BCUT2D eigenvalue weighted by atomic mass is 32.2. The lowest BCUT2D eigenvalue weighted by atomic mass is 10.1. The number of H-pyrrole nitrogens is 1. The van der Waals surface area contributed by atoms with Gasteiger partial charge in [-0.1, -0.05) is 37.1 Å². The van der Waals surface area contributed by atoms with Crippen LogP contribution in [0.15, 0.2) is 53.6 Å². The van der Waals surface area contributed by atoms with Gasteiger partial charge >= 0.3 is 5.97 Å². The van der Waals surface area contributed by atoms with Gasteiger partial charge < -0.3 is 9.72 Å². The molecule has 154 valence electrons. The van der Waals surface area contributed by atoms with E-state index in [2.05, 4.69) is 15.6 Å². The van der Waals surface area contributed by atoms with E-state index in [1.807, 2.05) is 25.1 Å². The lowest BCUT2D eigenvalue weighted by Gasteiger charge is -2.07. The molecule has 7 nitrogen and oxygen atoms in total. The zero-order valence-electron chi connectivity index (χ0n) is 16.3. The van der Waals surface area contributed by atoms with Crippen LogP contribution in [0, 0.1) is 12.3 Å². The number of terminal acetylenes is 1. The molecule has 0 radical (unpaired) electrons. The number of ketones is 1. The second kappa shape index (κ2) is 8.95. The zero-order valence-corrected chi connectivity index (χ0v) is 17.1. The predicted octanol–water partition coefficient (Wildman–Crippen LogP) is 2.68. The van der Waals surface area contributed by atoms with Gasteiger partial charge in [0.05, 0.1) is 17.0 Å². The van der Waals surface area contributed by atoms with Gasteiger partial charge in [0.2, 0.25) is 15.8 Å². The smallest absolute Gasteiger partial charge is 0.338 e. The van der Waals surface area contributed by atoms with Crippen LogP contribution in [0.1, 0.15) is 33.2 Å². The summed E-state index contributed by atoms with van der Waals surface area (Å²) < 4.78 is 31.6. The number of esters is 1. The van der Waals surface area contributed by atoms with Crippen LogP contribution in [0.3, 0.4) is 0 Å². The molecular weight excluding hydrogens is 404 g/mol. The van der Waals surface area contributed by atoms with Crippen LogP contribution in [0.2, 0.25) is 0 Å². The first-order chi connectivity index (χ1) is 14.4. The maximum absolute atomic E-state index is 12.6. The van der Waals surface area contributed by atoms with E-state index in [0.717, 1.165) is 22.9 Å². The van der Waals surface area contributed by atoms with Gasteiger partial charge in [-0.15, -0.1) is 6.42 Å². The van der Waals surface area contributed by atoms with Crippen molar-refractivity contribution < 1.29 is 22.7 Å². The van der Waals surface area contributed by atoms with Crippen LogP contribution >= 0.6 is 0 Å². The Balaban J connectivity index is 1.73. The van der Waals surface area contributed by atoms with Crippen LogP contribution in [0.4, 0.5) is 0 Å². The van der Waals surface area contributed by atoms with Crippen LogP contribution < -0.4 is 4.72 Å². The Bertz CT molecular complexity index is 1250. The topological polar surface area (TPSA) is 105 Å². The monoisotopic (exact) mass is 424 g/mol. The predicted molar refractivity (Wildman–Crippen MR) is 113 cm³/mol. The molecule has 0 spiro atoms. The van der Waals surface area contributed by atoms with E-state index in [9.17, 15) is 18.0 Å². The fraction of sp³-hybridized carbons (Fsp3) is 0.182. The minimum atomic E-state index is -3.85. The SMILES string of the molecule is C#CCNS(=O)(=O)c1cccc(C(=O)OCC(=O)c2c[nH]c3c(CC)cccc23)c1. The third-order valence-electron chi connectivity index (χ3n) is 4.56. The number of nitrogens with one attached hydrogen (secondary N) is 2. The van der Waals surface area contributed by atoms with Gasteiger partial charge in [0.25, 0.3) is 0 Å². The van der Waals surface area contributed by atoms with E-state index >= 15 is 0 Å². The number of fused-ring (bicyclic) bond motifs is 1. The summed E-state index contributed by atoms with van der Waals surface area (Å²) in [5.74, 6) is 1.02. The molecule has 0 saturated heterocycles. The number of hydrogen-bond donors (Lipinski definition) is 2. The average molecular weight is 424 g/mol. The number of carbonyl (C=O) groups excluding carboxylic acids is 2. The van der Waals surface area contributed by atoms with Gasteiger partial charge in [-0.2, -0.15) is 4.72 Å². The Morgan fingerprint density at radius 3 is 2.70 bits per heavy atom. The Morgan fingerprint density at radius 1 is 1.20 bits per heavy atom. The van der Waals surface area contributed by atoms with Crippen LogP contribution in [-0.4, -0.2) is 38.3 Å². The second-order valence-electron chi connectivity index (χ2n) is 6.45. The largest absolute Gasteiger partial charge is 0.454 e. The number of sulfonamides is 1. The number of carbonyl (C=O) groups is 2. The number of aromatic amines is 1. The molecule has 0 fully saturated rings. The number of Topliss-reactive ketones (excluding diaryl/α,β-unsaturated/α-hetero) is 1. The van der Waals surface area contributed by atoms with Crippen molar-refractivity contribution in [1.29, 1.82) is 0 Å². The van der Waals surface area contributed by atoms with Crippen molar-refractivity contribution in [3.05, 3.63) is 65.4 Å². The first-order valence-corrected chi connectivity index (χ1v) is 10.7. The number of hydrogen-bond acceptors (Lipinski definition) is 5. The third-order valence-corrected chi connectivity index (χ3v) is 5.96. The van der Waals surface area contributed by atoms with Gasteiger partial charge in [-0.3, -0.25) is 4.79 Å². The van der Waals surface area contributed by atoms with Crippen molar-refractivity contribution in [2.45, 2.75) is 18.2 Å². The highest BCUT2D eigenvalue weighted by Gasteiger charge is 2.19. The summed E-state index contributed by atoms with van der Waals surface area (Å²) in [4.78, 5) is 27.9. The van der Waals surface area contributed by atoms with Crippen molar-refractivity contribution >= 4 is 32.7 Å². The summed E-state index contributed by atoms with van der Waals surface area (Å²) in [6.45, 7) is 1.39. The normalized spacial score (nSPS) is 11.2. The quantitative estimate of drug-likeness (QED) is 0.329. The van der Waals surface area contributed by atoms with Crippen molar-refractivity contribution in [2.75, 3.05) is 13.2 Å². The lowest BCUT2D eigenvalue weighted by molar-refractivity contribution is 0.0475. The van der Waals surface area contributed by atoms with Gasteiger partial charge in [0.15, 0.2) is 6.61 Å². The molecule has 2 N–H and O–H groups in total. The number of aromatic nitrogens is 1. The number of ether oxygens (including phenoxy) is 1. The van der Waals surface area contributed by atoms with E-state index in [1.165, 1.54) is 24.3 Å². The molecule has 0 aliphatic heterocycles. The summed E-state index contributed by atoms with van der Waals surface area (Å²) in [5.41, 5.74) is 2.41. The first kappa shape index (κ1) is 21.3. The lowest BCUT2D eigenvalue weighted by Crippen LogP contribution is -2.24. The Labute approximate surface area is 174 Å². The molecule has 2 aromatic carbocycles. The summed E-state index contributed by atoms with van der Waals surface area (Å²) in [6, 6.07) is 11.0. The molecule has 1 aromatic heterocycles. The molecule has 0 aliphatic carbocycles. The summed E-state index contributed by atoms with van der Waals surface area (Å²) in [7, 11) is -3.85. The zero-order chi connectivity index (χ0) is 21.7. The standard InChI is InChI=1S/C22H20N2O5S/c1-3-11-24-30(27,28)17-9-5-8-16(12-17)22(26)29-14-20(25)19-13-23-21-15(4-2)7-6-10-18(19)21/h1,5-10,12-13,23-24H,4,11,14H2,2H3. The van der Waals surface area contributed by atoms with E-state index in [4.69, 9.17) is 11.2 Å². The average Bonchev–Trinajstić information content (AvgIpc) is 3.20. The molecule has 0 amide bonds. The molecular formula is C22H20N2O5S. The summed E-state index contributed by atoms with van der Waals surface area (Å²) in [5, 5.41) is 0.767. The second-order valence-corrected chi connectivity index (χ2v) is 8.22. The number of aryl methyl sites for hydroxylation is 1. The summed E-state index contributed by atoms with van der Waals surface area (Å²) >= 11 is 0. The molecule has 3 rings (SSSR count). The number of para-hydroxylation sites is 1. The molecule has 0 atom stereocenters. The molecule has 0 unspecified atom stereocenters. The minimum absolute atomic E-state index is 0.0126. The number of rotatable bonds is 8. The van der Waals surface area contributed by atoms with Gasteiger partial charge in [-0.25, -0.2) is 13.2 Å². The van der Waals surface area contributed by atoms with Crippen LogP contribution in [-0.2, 0) is 21.2 Å². The fourth-order valence-electron chi connectivity index (χ4n) is 3.04. The molecule has 8 heteroatoms. The maximum Gasteiger partial charge on any atom is 0.338 e. The maximum atomic E-state index is 12.6. The Hall–Kier alpha value is -3.41. The molecule has 0 bridgehead atoms. The van der Waals surface area contributed by atoms with E-state index in [0.29, 0.717) is 5.56 Å². The first-order valence-electron chi connectivity index (χ1n) is 9.20. The van der Waals surface area contributed by atoms with Gasteiger partial charge in [0.1, 0.15) is 0 Å². The van der Waals surface area contributed by atoms with E-state index < -0.39 is 22.6 Å². The molecule has 0 saturated carbocycles. The Kier molecular flexibility index (Phi) is 6.35. The van der Waals surface area contributed by atoms with Crippen molar-refractivity contribution in [3.63, 3.8) is 0 Å². The third kappa shape index (κ3) is 4.43. The van der Waals surface area contributed by atoms with Crippen molar-refractivity contribution in [3.8, 4) is 12.3 Å². The molecule has 1 heterocycles. The van der Waals surface area contributed by atoms with Crippen molar-refractivity contribution in [2.24, 2.45) is 0 Å². The number of benzene rings is 2. The van der Waals surface area contributed by atoms with E-state index in [1.54, 1.807) is 6.20 Å². The highest BCUT2D eigenvalue weighted by Crippen LogP contribution is 2.23. The van der Waals surface area contributed by atoms with E-state index in [-0.39, 0.29) is 22.8 Å². The van der Waals surface area contributed by atoms with Gasteiger partial charge in [0, 0.05) is 22.7 Å². The molecule has 30 heavy (non-hydrogen) atoms. The van der Waals surface area contributed by atoms with Crippen LogP contribution in [0.5, 0.6) is 0 Å². The molecule has 3 aromatic rings. The molecule has 0 aliphatic rings. The minimum Gasteiger partial charge on any atom is -0.454 e. The van der Waals surface area contributed by atoms with Crippen molar-refractivity contribution in [1.82, 2.24) is 9.71 Å². The highest BCUT2D eigenvalue weighted by molar-refractivity contribution is 7.89.